The van der Waals surface area contributed by atoms with Crippen LogP contribution in [0.25, 0.3) is 0 Å². The van der Waals surface area contributed by atoms with E-state index in [0.29, 0.717) is 26.2 Å². The fraction of sp³-hybridized carbons (Fsp3) is 0.867. The number of carboxylic acids is 1. The van der Waals surface area contributed by atoms with Crippen LogP contribution >= 0.6 is 0 Å². The standard InChI is InChI=1S/C15H28N2O5/c1-6-21-11(2)8-16-15(7-12(18)19)9-17(10-15)13(20)22-14(3,4)5/h11,16H,6-10H2,1-5H3,(H,18,19). The third kappa shape index (κ3) is 5.81. The first-order chi connectivity index (χ1) is 10.1. The zero-order valence-corrected chi connectivity index (χ0v) is 14.1. The largest absolute Gasteiger partial charge is 0.481 e. The lowest BCUT2D eigenvalue weighted by molar-refractivity contribution is -0.141. The summed E-state index contributed by atoms with van der Waals surface area (Å²) in [5.41, 5.74) is -1.16. The van der Waals surface area contributed by atoms with E-state index in [1.807, 2.05) is 13.8 Å². The van der Waals surface area contributed by atoms with E-state index in [0.717, 1.165) is 0 Å². The molecule has 1 aliphatic rings. The Morgan fingerprint density at radius 1 is 1.36 bits per heavy atom. The molecular weight excluding hydrogens is 288 g/mol. The van der Waals surface area contributed by atoms with E-state index >= 15 is 0 Å². The quantitative estimate of drug-likeness (QED) is 0.739. The van der Waals surface area contributed by atoms with E-state index in [4.69, 9.17) is 14.6 Å². The van der Waals surface area contributed by atoms with Gasteiger partial charge >= 0.3 is 12.1 Å². The molecule has 1 fully saturated rings. The molecule has 0 aromatic carbocycles. The molecule has 0 bridgehead atoms. The molecule has 0 spiro atoms. The smallest absolute Gasteiger partial charge is 0.410 e. The van der Waals surface area contributed by atoms with Gasteiger partial charge in [-0.3, -0.25) is 4.79 Å². The second-order valence-electron chi connectivity index (χ2n) is 6.83. The summed E-state index contributed by atoms with van der Waals surface area (Å²) >= 11 is 0. The van der Waals surface area contributed by atoms with Crippen LogP contribution < -0.4 is 5.32 Å². The third-order valence-corrected chi connectivity index (χ3v) is 3.34. The first-order valence-electron chi connectivity index (χ1n) is 7.63. The van der Waals surface area contributed by atoms with Crippen LogP contribution in [-0.2, 0) is 14.3 Å². The Morgan fingerprint density at radius 3 is 2.41 bits per heavy atom. The van der Waals surface area contributed by atoms with Gasteiger partial charge in [0.05, 0.1) is 18.1 Å². The van der Waals surface area contributed by atoms with Crippen LogP contribution in [-0.4, -0.2) is 65.6 Å². The second kappa shape index (κ2) is 7.28. The Balaban J connectivity index is 2.55. The molecule has 1 saturated heterocycles. The summed E-state index contributed by atoms with van der Waals surface area (Å²) in [5.74, 6) is -0.889. The fourth-order valence-electron chi connectivity index (χ4n) is 2.42. The summed E-state index contributed by atoms with van der Waals surface area (Å²) < 4.78 is 10.7. The van der Waals surface area contributed by atoms with Gasteiger partial charge < -0.3 is 24.8 Å². The Bertz CT molecular complexity index is 399. The van der Waals surface area contributed by atoms with E-state index in [-0.39, 0.29) is 12.5 Å². The Hall–Kier alpha value is -1.34. The van der Waals surface area contributed by atoms with Gasteiger partial charge in [-0.1, -0.05) is 0 Å². The molecule has 0 radical (unpaired) electrons. The number of hydrogen-bond donors (Lipinski definition) is 2. The minimum Gasteiger partial charge on any atom is -0.481 e. The molecule has 1 amide bonds. The zero-order valence-electron chi connectivity index (χ0n) is 14.1. The lowest BCUT2D eigenvalue weighted by Gasteiger charge is -2.50. The van der Waals surface area contributed by atoms with E-state index in [9.17, 15) is 9.59 Å². The number of hydrogen-bond acceptors (Lipinski definition) is 5. The van der Waals surface area contributed by atoms with Gasteiger partial charge in [-0.2, -0.15) is 0 Å². The van der Waals surface area contributed by atoms with Gasteiger partial charge in [-0.15, -0.1) is 0 Å². The minimum absolute atomic E-state index is 0.00811. The van der Waals surface area contributed by atoms with E-state index < -0.39 is 23.2 Å². The Kier molecular flexibility index (Phi) is 6.19. The molecule has 0 saturated carbocycles. The van der Waals surface area contributed by atoms with Gasteiger partial charge in [0.25, 0.3) is 0 Å². The number of rotatable bonds is 7. The van der Waals surface area contributed by atoms with Crippen molar-refractivity contribution in [3.05, 3.63) is 0 Å². The van der Waals surface area contributed by atoms with E-state index in [1.165, 1.54) is 4.90 Å². The fourth-order valence-corrected chi connectivity index (χ4v) is 2.42. The number of nitrogens with one attached hydrogen (secondary N) is 1. The number of carbonyl (C=O) groups is 2. The minimum atomic E-state index is -0.889. The summed E-state index contributed by atoms with van der Waals surface area (Å²) in [5, 5.41) is 12.3. The third-order valence-electron chi connectivity index (χ3n) is 3.34. The van der Waals surface area contributed by atoms with Crippen molar-refractivity contribution in [3.8, 4) is 0 Å². The second-order valence-corrected chi connectivity index (χ2v) is 6.83. The number of carboxylic acid groups (broad SMARTS) is 1. The van der Waals surface area contributed by atoms with Crippen LogP contribution in [0.1, 0.15) is 41.0 Å². The first-order valence-corrected chi connectivity index (χ1v) is 7.63. The highest BCUT2D eigenvalue weighted by atomic mass is 16.6. The van der Waals surface area contributed by atoms with Crippen molar-refractivity contribution < 1.29 is 24.2 Å². The Morgan fingerprint density at radius 2 is 1.95 bits per heavy atom. The van der Waals surface area contributed by atoms with Crippen LogP contribution in [0, 0.1) is 0 Å². The average molecular weight is 316 g/mol. The van der Waals surface area contributed by atoms with Crippen molar-refractivity contribution in [1.29, 1.82) is 0 Å². The summed E-state index contributed by atoms with van der Waals surface area (Å²) in [4.78, 5) is 24.6. The monoisotopic (exact) mass is 316 g/mol. The van der Waals surface area contributed by atoms with Crippen molar-refractivity contribution in [2.75, 3.05) is 26.2 Å². The molecule has 0 aromatic rings. The van der Waals surface area contributed by atoms with Crippen molar-refractivity contribution in [3.63, 3.8) is 0 Å². The molecule has 1 heterocycles. The molecule has 22 heavy (non-hydrogen) atoms. The van der Waals surface area contributed by atoms with Crippen LogP contribution in [0.4, 0.5) is 4.79 Å². The number of aliphatic carboxylic acids is 1. The predicted octanol–water partition coefficient (Wildman–Crippen LogP) is 1.47. The van der Waals surface area contributed by atoms with E-state index in [1.54, 1.807) is 20.8 Å². The average Bonchev–Trinajstić information content (AvgIpc) is 2.29. The first kappa shape index (κ1) is 18.7. The highest BCUT2D eigenvalue weighted by molar-refractivity contribution is 5.73. The summed E-state index contributed by atoms with van der Waals surface area (Å²) in [6, 6.07) is 0. The van der Waals surface area contributed by atoms with Gasteiger partial charge in [-0.05, 0) is 34.6 Å². The molecule has 1 aliphatic heterocycles. The molecule has 2 N–H and O–H groups in total. The van der Waals surface area contributed by atoms with Gasteiger partial charge in [0.1, 0.15) is 5.60 Å². The maximum absolute atomic E-state index is 12.0. The molecule has 0 aromatic heterocycles. The highest BCUT2D eigenvalue weighted by Gasteiger charge is 2.47. The van der Waals surface area contributed by atoms with Crippen molar-refractivity contribution >= 4 is 12.1 Å². The van der Waals surface area contributed by atoms with Crippen molar-refractivity contribution in [1.82, 2.24) is 10.2 Å². The maximum Gasteiger partial charge on any atom is 0.410 e. The van der Waals surface area contributed by atoms with Gasteiger partial charge in [0, 0.05) is 26.2 Å². The predicted molar refractivity (Wildman–Crippen MR) is 81.9 cm³/mol. The number of amides is 1. The molecule has 7 heteroatoms. The molecule has 128 valence electrons. The topological polar surface area (TPSA) is 88.1 Å². The number of ether oxygens (including phenoxy) is 2. The van der Waals surface area contributed by atoms with Crippen molar-refractivity contribution in [2.24, 2.45) is 0 Å². The number of likely N-dealkylation sites (tertiary alicyclic amines) is 1. The summed E-state index contributed by atoms with van der Waals surface area (Å²) in [6.07, 6.45) is -0.454. The SMILES string of the molecule is CCOC(C)CNC1(CC(=O)O)CN(C(=O)OC(C)(C)C)C1. The lowest BCUT2D eigenvalue weighted by Crippen LogP contribution is -2.71. The van der Waals surface area contributed by atoms with Gasteiger partial charge in [-0.25, -0.2) is 4.79 Å². The van der Waals surface area contributed by atoms with E-state index in [2.05, 4.69) is 5.32 Å². The zero-order chi connectivity index (χ0) is 17.0. The summed E-state index contributed by atoms with van der Waals surface area (Å²) in [7, 11) is 0. The van der Waals surface area contributed by atoms with Crippen LogP contribution in [0.5, 0.6) is 0 Å². The normalized spacial score (nSPS) is 18.5. The molecule has 1 atom stereocenters. The molecule has 1 unspecified atom stereocenters. The highest BCUT2D eigenvalue weighted by Crippen LogP contribution is 2.26. The molecular formula is C15H28N2O5. The van der Waals surface area contributed by atoms with Crippen molar-refractivity contribution in [2.45, 2.75) is 58.3 Å². The molecule has 7 nitrogen and oxygen atoms in total. The molecule has 0 aliphatic carbocycles. The summed E-state index contributed by atoms with van der Waals surface area (Å²) in [6.45, 7) is 11.1. The molecule has 1 rings (SSSR count). The lowest BCUT2D eigenvalue weighted by atomic mass is 9.86. The van der Waals surface area contributed by atoms with Crippen LogP contribution in [0.2, 0.25) is 0 Å². The number of carbonyl (C=O) groups excluding carboxylic acids is 1. The number of nitrogens with zero attached hydrogens (tertiary/aromatic N) is 1. The van der Waals surface area contributed by atoms with Gasteiger partial charge in [0.2, 0.25) is 0 Å². The maximum atomic E-state index is 12.0. The van der Waals surface area contributed by atoms with Crippen LogP contribution in [0.3, 0.4) is 0 Å². The van der Waals surface area contributed by atoms with Crippen LogP contribution in [0.15, 0.2) is 0 Å². The van der Waals surface area contributed by atoms with Gasteiger partial charge in [0.15, 0.2) is 0 Å². The Labute approximate surface area is 131 Å².